The molecule has 0 aliphatic rings. The van der Waals surface area contributed by atoms with E-state index in [2.05, 4.69) is 48.3 Å². The van der Waals surface area contributed by atoms with Crippen LogP contribution in [-0.2, 0) is 13.1 Å². The van der Waals surface area contributed by atoms with E-state index in [4.69, 9.17) is 4.74 Å². The van der Waals surface area contributed by atoms with Crippen molar-refractivity contribution in [1.29, 1.82) is 0 Å². The van der Waals surface area contributed by atoms with Gasteiger partial charge in [-0.15, -0.1) is 0 Å². The van der Waals surface area contributed by atoms with Crippen LogP contribution in [0.2, 0.25) is 0 Å². The first-order chi connectivity index (χ1) is 9.38. The van der Waals surface area contributed by atoms with E-state index in [1.54, 1.807) is 6.08 Å². The summed E-state index contributed by atoms with van der Waals surface area (Å²) in [4.78, 5) is 0. The minimum absolute atomic E-state index is 0.547. The highest BCUT2D eigenvalue weighted by Gasteiger charge is 1.95. The van der Waals surface area contributed by atoms with Crippen LogP contribution >= 0.6 is 0 Å². The molecule has 0 aromatic heterocycles. The van der Waals surface area contributed by atoms with Crippen molar-refractivity contribution in [2.75, 3.05) is 6.61 Å². The fourth-order valence-corrected chi connectivity index (χ4v) is 1.81. The van der Waals surface area contributed by atoms with Gasteiger partial charge in [0.05, 0.1) is 0 Å². The van der Waals surface area contributed by atoms with Crippen LogP contribution in [0.4, 0.5) is 0 Å². The van der Waals surface area contributed by atoms with Crippen molar-refractivity contribution in [1.82, 2.24) is 5.32 Å². The molecule has 0 aliphatic heterocycles. The Labute approximate surface area is 114 Å². The van der Waals surface area contributed by atoms with E-state index in [1.165, 1.54) is 11.1 Å². The zero-order valence-electron chi connectivity index (χ0n) is 11.0. The van der Waals surface area contributed by atoms with Gasteiger partial charge in [-0.1, -0.05) is 55.1 Å². The van der Waals surface area contributed by atoms with E-state index >= 15 is 0 Å². The monoisotopic (exact) mass is 253 g/mol. The maximum Gasteiger partial charge on any atom is 0.119 e. The van der Waals surface area contributed by atoms with E-state index in [1.807, 2.05) is 18.2 Å². The summed E-state index contributed by atoms with van der Waals surface area (Å²) in [6.07, 6.45) is 1.75. The first-order valence-corrected chi connectivity index (χ1v) is 6.46. The minimum Gasteiger partial charge on any atom is -0.490 e. The molecular weight excluding hydrogens is 234 g/mol. The van der Waals surface area contributed by atoms with Crippen LogP contribution < -0.4 is 10.1 Å². The number of hydrogen-bond donors (Lipinski definition) is 1. The molecule has 2 heteroatoms. The average molecular weight is 253 g/mol. The Morgan fingerprint density at radius 1 is 0.895 bits per heavy atom. The van der Waals surface area contributed by atoms with Gasteiger partial charge in [0.15, 0.2) is 0 Å². The van der Waals surface area contributed by atoms with Crippen molar-refractivity contribution in [2.45, 2.75) is 13.1 Å². The summed E-state index contributed by atoms with van der Waals surface area (Å²) in [6, 6.07) is 18.5. The van der Waals surface area contributed by atoms with Crippen LogP contribution in [0.5, 0.6) is 5.75 Å². The number of benzene rings is 2. The number of nitrogens with one attached hydrogen (secondary N) is 1. The topological polar surface area (TPSA) is 21.3 Å². The van der Waals surface area contributed by atoms with Gasteiger partial charge in [0.25, 0.3) is 0 Å². The molecule has 0 saturated carbocycles. The molecule has 0 heterocycles. The summed E-state index contributed by atoms with van der Waals surface area (Å²) in [5, 5.41) is 3.42. The quantitative estimate of drug-likeness (QED) is 0.762. The maximum atomic E-state index is 5.45. The lowest BCUT2D eigenvalue weighted by Crippen LogP contribution is -2.12. The molecule has 0 radical (unpaired) electrons. The number of hydrogen-bond acceptors (Lipinski definition) is 2. The van der Waals surface area contributed by atoms with Crippen LogP contribution in [0, 0.1) is 0 Å². The van der Waals surface area contributed by atoms with Crippen molar-refractivity contribution < 1.29 is 4.74 Å². The first kappa shape index (κ1) is 13.4. The Kier molecular flexibility index (Phi) is 5.20. The average Bonchev–Trinajstić information content (AvgIpc) is 2.47. The normalized spacial score (nSPS) is 10.1. The van der Waals surface area contributed by atoms with Gasteiger partial charge in [0, 0.05) is 13.1 Å². The second-order valence-corrected chi connectivity index (χ2v) is 4.33. The molecule has 2 aromatic carbocycles. The van der Waals surface area contributed by atoms with Gasteiger partial charge < -0.3 is 10.1 Å². The minimum atomic E-state index is 0.547. The molecule has 19 heavy (non-hydrogen) atoms. The second-order valence-electron chi connectivity index (χ2n) is 4.33. The van der Waals surface area contributed by atoms with Crippen LogP contribution in [0.15, 0.2) is 67.3 Å². The van der Waals surface area contributed by atoms with Crippen molar-refractivity contribution in [3.63, 3.8) is 0 Å². The van der Waals surface area contributed by atoms with Crippen molar-refractivity contribution in [3.05, 3.63) is 78.4 Å². The molecule has 2 rings (SSSR count). The molecule has 0 amide bonds. The highest BCUT2D eigenvalue weighted by atomic mass is 16.5. The molecule has 0 spiro atoms. The largest absolute Gasteiger partial charge is 0.490 e. The van der Waals surface area contributed by atoms with Crippen molar-refractivity contribution >= 4 is 0 Å². The zero-order valence-corrected chi connectivity index (χ0v) is 11.0. The highest BCUT2D eigenvalue weighted by molar-refractivity contribution is 5.27. The van der Waals surface area contributed by atoms with Crippen LogP contribution in [0.1, 0.15) is 11.1 Å². The lowest BCUT2D eigenvalue weighted by atomic mass is 10.2. The second kappa shape index (κ2) is 7.39. The fourth-order valence-electron chi connectivity index (χ4n) is 1.81. The fraction of sp³-hybridized carbons (Fsp3) is 0.176. The molecule has 0 aliphatic carbocycles. The molecule has 98 valence electrons. The van der Waals surface area contributed by atoms with Gasteiger partial charge in [-0.3, -0.25) is 0 Å². The summed E-state index contributed by atoms with van der Waals surface area (Å²) in [5.74, 6) is 0.881. The lowest BCUT2D eigenvalue weighted by molar-refractivity contribution is 0.363. The molecule has 2 nitrogen and oxygen atoms in total. The van der Waals surface area contributed by atoms with Gasteiger partial charge in [0.1, 0.15) is 12.4 Å². The highest BCUT2D eigenvalue weighted by Crippen LogP contribution is 2.12. The molecule has 2 aromatic rings. The van der Waals surface area contributed by atoms with Crippen LogP contribution in [0.25, 0.3) is 0 Å². The number of ether oxygens (including phenoxy) is 1. The Morgan fingerprint density at radius 3 is 2.16 bits per heavy atom. The third kappa shape index (κ3) is 4.60. The molecule has 0 fully saturated rings. The first-order valence-electron chi connectivity index (χ1n) is 6.46. The number of rotatable bonds is 7. The van der Waals surface area contributed by atoms with E-state index in [9.17, 15) is 0 Å². The molecular formula is C17H19NO. The van der Waals surface area contributed by atoms with Gasteiger partial charge >= 0.3 is 0 Å². The maximum absolute atomic E-state index is 5.45. The Morgan fingerprint density at radius 2 is 1.53 bits per heavy atom. The predicted molar refractivity (Wildman–Crippen MR) is 79.1 cm³/mol. The molecule has 0 bridgehead atoms. The SMILES string of the molecule is C=CCOc1ccc(CNCc2ccccc2)cc1. The Balaban J connectivity index is 1.78. The van der Waals surface area contributed by atoms with Gasteiger partial charge in [0.2, 0.25) is 0 Å². The summed E-state index contributed by atoms with van der Waals surface area (Å²) in [7, 11) is 0. The third-order valence-corrected chi connectivity index (χ3v) is 2.79. The summed E-state index contributed by atoms with van der Waals surface area (Å²) >= 11 is 0. The third-order valence-electron chi connectivity index (χ3n) is 2.79. The zero-order chi connectivity index (χ0) is 13.3. The van der Waals surface area contributed by atoms with E-state index in [-0.39, 0.29) is 0 Å². The Hall–Kier alpha value is -2.06. The molecule has 1 N–H and O–H groups in total. The van der Waals surface area contributed by atoms with E-state index in [0.29, 0.717) is 6.61 Å². The summed E-state index contributed by atoms with van der Waals surface area (Å²) in [6.45, 7) is 5.92. The molecule has 0 saturated heterocycles. The summed E-state index contributed by atoms with van der Waals surface area (Å²) in [5.41, 5.74) is 2.55. The predicted octanol–water partition coefficient (Wildman–Crippen LogP) is 3.54. The summed E-state index contributed by atoms with van der Waals surface area (Å²) < 4.78 is 5.45. The van der Waals surface area contributed by atoms with Gasteiger partial charge in [-0.25, -0.2) is 0 Å². The van der Waals surface area contributed by atoms with E-state index in [0.717, 1.165) is 18.8 Å². The lowest BCUT2D eigenvalue weighted by Gasteiger charge is -2.07. The molecule has 0 atom stereocenters. The molecule has 0 unspecified atom stereocenters. The van der Waals surface area contributed by atoms with Crippen molar-refractivity contribution in [2.24, 2.45) is 0 Å². The van der Waals surface area contributed by atoms with Crippen LogP contribution in [0.3, 0.4) is 0 Å². The van der Waals surface area contributed by atoms with E-state index < -0.39 is 0 Å². The van der Waals surface area contributed by atoms with Crippen LogP contribution in [-0.4, -0.2) is 6.61 Å². The standard InChI is InChI=1S/C17H19NO/c1-2-12-19-17-10-8-16(9-11-17)14-18-13-15-6-4-3-5-7-15/h2-11,18H,1,12-14H2. The van der Waals surface area contributed by atoms with Gasteiger partial charge in [-0.05, 0) is 23.3 Å². The van der Waals surface area contributed by atoms with Crippen molar-refractivity contribution in [3.8, 4) is 5.75 Å². The van der Waals surface area contributed by atoms with Gasteiger partial charge in [-0.2, -0.15) is 0 Å². The Bertz CT molecular complexity index is 490. The smallest absolute Gasteiger partial charge is 0.119 e.